The van der Waals surface area contributed by atoms with Gasteiger partial charge in [0.1, 0.15) is 0 Å². The maximum atomic E-state index is 14.1. The van der Waals surface area contributed by atoms with Crippen LogP contribution in [0, 0.1) is 29.3 Å². The normalized spacial score (nSPS) is 21.1. The highest BCUT2D eigenvalue weighted by molar-refractivity contribution is 5.94. The Morgan fingerprint density at radius 3 is 2.35 bits per heavy atom. The summed E-state index contributed by atoms with van der Waals surface area (Å²) in [4.78, 5) is 26.7. The molecule has 10 nitrogen and oxygen atoms in total. The Balaban J connectivity index is 0.910. The first kappa shape index (κ1) is 32.3. The molecule has 13 heteroatoms. The number of carbonyl (C=O) groups excluding carboxylic acids is 1. The number of hydrogen-bond acceptors (Lipinski definition) is 8. The zero-order valence-electron chi connectivity index (χ0n) is 26.8. The van der Waals surface area contributed by atoms with Crippen LogP contribution in [-0.4, -0.2) is 88.0 Å². The van der Waals surface area contributed by atoms with Crippen LogP contribution in [0.5, 0.6) is 5.75 Å². The van der Waals surface area contributed by atoms with E-state index in [2.05, 4.69) is 44.8 Å². The first-order valence-corrected chi connectivity index (χ1v) is 17.0. The molecular formula is C35H41F3N8O2. The van der Waals surface area contributed by atoms with Crippen LogP contribution in [0.25, 0.3) is 22.0 Å². The molecule has 7 rings (SSSR count). The number of benzene rings is 2. The number of phenolic OH excluding ortho intramolecular Hbond substituents is 1. The number of piperazine rings is 1. The van der Waals surface area contributed by atoms with Gasteiger partial charge in [-0.1, -0.05) is 12.1 Å². The molecule has 0 bridgehead atoms. The molecule has 3 aliphatic rings. The van der Waals surface area contributed by atoms with Crippen molar-refractivity contribution in [3.63, 3.8) is 0 Å². The molecule has 3 fully saturated rings. The Labute approximate surface area is 277 Å². The number of piperidine rings is 1. The van der Waals surface area contributed by atoms with E-state index in [1.54, 1.807) is 0 Å². The van der Waals surface area contributed by atoms with Crippen molar-refractivity contribution >= 4 is 22.8 Å². The van der Waals surface area contributed by atoms with E-state index in [-0.39, 0.29) is 18.5 Å². The zero-order valence-corrected chi connectivity index (χ0v) is 26.8. The lowest BCUT2D eigenvalue weighted by Crippen LogP contribution is -2.49. The molecule has 2 aromatic carbocycles. The summed E-state index contributed by atoms with van der Waals surface area (Å²) < 4.78 is 43.4. The van der Waals surface area contributed by atoms with Gasteiger partial charge < -0.3 is 20.6 Å². The minimum Gasteiger partial charge on any atom is -0.503 e. The second-order valence-corrected chi connectivity index (χ2v) is 13.4. The Hall–Kier alpha value is -4.23. The van der Waals surface area contributed by atoms with Gasteiger partial charge >= 0.3 is 0 Å². The summed E-state index contributed by atoms with van der Waals surface area (Å²) >= 11 is 0. The topological polar surface area (TPSA) is 111 Å². The van der Waals surface area contributed by atoms with Gasteiger partial charge in [0, 0.05) is 68.8 Å². The number of fused-ring (bicyclic) bond motifs is 1. The van der Waals surface area contributed by atoms with Crippen LogP contribution in [0.4, 0.5) is 19.1 Å². The van der Waals surface area contributed by atoms with E-state index >= 15 is 0 Å². The first-order valence-electron chi connectivity index (χ1n) is 17.0. The molecular weight excluding hydrogens is 621 g/mol. The van der Waals surface area contributed by atoms with E-state index in [1.165, 1.54) is 19.4 Å². The number of hydrogen-bond donors (Lipinski definition) is 3. The van der Waals surface area contributed by atoms with Crippen molar-refractivity contribution in [1.82, 2.24) is 35.3 Å². The second-order valence-electron chi connectivity index (χ2n) is 13.4. The lowest BCUT2D eigenvalue weighted by atomic mass is 9.86. The molecule has 4 aromatic rings. The summed E-state index contributed by atoms with van der Waals surface area (Å²) in [6.07, 6.45) is 11.7. The Morgan fingerprint density at radius 2 is 1.62 bits per heavy atom. The minimum absolute atomic E-state index is 0.141. The molecule has 3 N–H and O–H groups in total. The maximum Gasteiger partial charge on any atom is 0.254 e. The smallest absolute Gasteiger partial charge is 0.254 e. The van der Waals surface area contributed by atoms with Crippen molar-refractivity contribution in [3.8, 4) is 16.9 Å². The predicted molar refractivity (Wildman–Crippen MR) is 176 cm³/mol. The Bertz CT molecular complexity index is 1750. The molecule has 0 spiro atoms. The number of nitrogens with one attached hydrogen (secondary N) is 2. The summed E-state index contributed by atoms with van der Waals surface area (Å²) in [5, 5.41) is 21.2. The van der Waals surface area contributed by atoms with Crippen molar-refractivity contribution in [2.45, 2.75) is 44.6 Å². The van der Waals surface area contributed by atoms with Crippen molar-refractivity contribution in [3.05, 3.63) is 65.9 Å². The van der Waals surface area contributed by atoms with E-state index in [1.807, 2.05) is 17.1 Å². The molecule has 254 valence electrons. The standard InChI is InChI=1S/C35H41F3N8O2/c36-29-16-28(31(37)32(38)33(29)47)34(48)40-17-22-1-5-27(6-2-22)46-21-25-4-3-24(15-30(25)43-46)26-18-41-35(42-19-26)45-13-11-44(12-14-45)20-23-7-9-39-10-8-23/h3-4,15-16,18-19,21-23,27,39,47H,1-2,5-14,17,20H2,(H,40,48). The molecule has 48 heavy (non-hydrogen) atoms. The number of anilines is 1. The average Bonchev–Trinajstić information content (AvgIpc) is 3.56. The number of halogens is 3. The second kappa shape index (κ2) is 14.1. The Morgan fingerprint density at radius 1 is 0.896 bits per heavy atom. The van der Waals surface area contributed by atoms with Gasteiger partial charge in [0.15, 0.2) is 17.4 Å². The SMILES string of the molecule is O=C(NCC1CCC(n2cc3ccc(-c4cnc(N5CCN(CC6CCNCC6)CC5)nc4)cc3n2)CC1)c1cc(F)c(O)c(F)c1F. The summed E-state index contributed by atoms with van der Waals surface area (Å²) in [6, 6.07) is 6.92. The molecule has 1 aliphatic carbocycles. The van der Waals surface area contributed by atoms with Gasteiger partial charge in [-0.05, 0) is 81.1 Å². The molecule has 1 saturated carbocycles. The number of rotatable bonds is 8. The first-order chi connectivity index (χ1) is 23.3. The van der Waals surface area contributed by atoms with Crippen molar-refractivity contribution < 1.29 is 23.1 Å². The van der Waals surface area contributed by atoms with Crippen molar-refractivity contribution in [2.75, 3.05) is 57.3 Å². The summed E-state index contributed by atoms with van der Waals surface area (Å²) in [5.74, 6) is -5.35. The van der Waals surface area contributed by atoms with E-state index in [4.69, 9.17) is 15.1 Å². The van der Waals surface area contributed by atoms with Gasteiger partial charge in [-0.15, -0.1) is 0 Å². The fourth-order valence-electron chi connectivity index (χ4n) is 7.29. The van der Waals surface area contributed by atoms with Crippen LogP contribution in [0.1, 0.15) is 54.9 Å². The summed E-state index contributed by atoms with van der Waals surface area (Å²) in [6.45, 7) is 7.68. The third kappa shape index (κ3) is 6.98. The van der Waals surface area contributed by atoms with Crippen LogP contribution in [0.3, 0.4) is 0 Å². The van der Waals surface area contributed by atoms with Gasteiger partial charge in [0.05, 0.1) is 17.1 Å². The maximum absolute atomic E-state index is 14.1. The molecule has 2 aliphatic heterocycles. The van der Waals surface area contributed by atoms with Crippen LogP contribution in [0.2, 0.25) is 0 Å². The quantitative estimate of drug-likeness (QED) is 0.229. The van der Waals surface area contributed by atoms with Crippen LogP contribution in [-0.2, 0) is 0 Å². The van der Waals surface area contributed by atoms with E-state index in [0.717, 1.165) is 98.8 Å². The highest BCUT2D eigenvalue weighted by Gasteiger charge is 2.27. The van der Waals surface area contributed by atoms with Gasteiger partial charge in [-0.3, -0.25) is 14.4 Å². The fourth-order valence-corrected chi connectivity index (χ4v) is 7.29. The number of phenols is 1. The molecule has 0 radical (unpaired) electrons. The highest BCUT2D eigenvalue weighted by atomic mass is 19.2. The lowest BCUT2D eigenvalue weighted by Gasteiger charge is -2.37. The molecule has 1 amide bonds. The van der Waals surface area contributed by atoms with Gasteiger partial charge in [0.25, 0.3) is 5.91 Å². The molecule has 0 unspecified atom stereocenters. The third-order valence-electron chi connectivity index (χ3n) is 10.2. The van der Waals surface area contributed by atoms with E-state index in [0.29, 0.717) is 6.07 Å². The zero-order chi connectivity index (χ0) is 33.2. The van der Waals surface area contributed by atoms with Gasteiger partial charge in [0.2, 0.25) is 11.8 Å². The van der Waals surface area contributed by atoms with Gasteiger partial charge in [-0.25, -0.2) is 18.7 Å². The molecule has 4 heterocycles. The largest absolute Gasteiger partial charge is 0.503 e. The van der Waals surface area contributed by atoms with Crippen LogP contribution >= 0.6 is 0 Å². The lowest BCUT2D eigenvalue weighted by molar-refractivity contribution is 0.0935. The molecule has 2 saturated heterocycles. The summed E-state index contributed by atoms with van der Waals surface area (Å²) in [5.41, 5.74) is 2.08. The number of carbonyl (C=O) groups is 1. The van der Waals surface area contributed by atoms with Crippen molar-refractivity contribution in [2.24, 2.45) is 11.8 Å². The van der Waals surface area contributed by atoms with Gasteiger partial charge in [-0.2, -0.15) is 9.49 Å². The van der Waals surface area contributed by atoms with Crippen molar-refractivity contribution in [1.29, 1.82) is 0 Å². The summed E-state index contributed by atoms with van der Waals surface area (Å²) in [7, 11) is 0. The Kier molecular flexibility index (Phi) is 9.49. The fraction of sp³-hybridized carbons (Fsp3) is 0.486. The van der Waals surface area contributed by atoms with E-state index in [9.17, 15) is 23.1 Å². The molecule has 2 aromatic heterocycles. The monoisotopic (exact) mass is 662 g/mol. The van der Waals surface area contributed by atoms with Crippen LogP contribution in [0.15, 0.2) is 42.9 Å². The third-order valence-corrected chi connectivity index (χ3v) is 10.2. The minimum atomic E-state index is -1.77. The predicted octanol–water partition coefficient (Wildman–Crippen LogP) is 4.90. The average molecular weight is 663 g/mol. The highest BCUT2D eigenvalue weighted by Crippen LogP contribution is 2.33. The number of aromatic hydroxyl groups is 1. The number of aromatic nitrogens is 4. The van der Waals surface area contributed by atoms with Crippen LogP contribution < -0.4 is 15.5 Å². The number of nitrogens with zero attached hydrogens (tertiary/aromatic N) is 6. The molecule has 0 atom stereocenters. The number of amides is 1. The van der Waals surface area contributed by atoms with E-state index < -0.39 is 34.7 Å².